The second-order valence-corrected chi connectivity index (χ2v) is 12.7. The van der Waals surface area contributed by atoms with Crippen molar-refractivity contribution in [3.63, 3.8) is 0 Å². The molecule has 0 radical (unpaired) electrons. The highest BCUT2D eigenvalue weighted by molar-refractivity contribution is 5.88. The summed E-state index contributed by atoms with van der Waals surface area (Å²) in [4.78, 5) is 0. The number of fused-ring (bicyclic) bond motifs is 2. The molecule has 0 N–H and O–H groups in total. The maximum Gasteiger partial charge on any atom is 0.0210 e. The van der Waals surface area contributed by atoms with Crippen LogP contribution in [-0.2, 0) is 6.42 Å². The molecule has 3 aromatic carbocycles. The zero-order valence-corrected chi connectivity index (χ0v) is 26.4. The van der Waals surface area contributed by atoms with Crippen LogP contribution in [0.2, 0.25) is 0 Å². The van der Waals surface area contributed by atoms with Crippen molar-refractivity contribution < 1.29 is 0 Å². The van der Waals surface area contributed by atoms with Crippen molar-refractivity contribution in [3.05, 3.63) is 166 Å². The van der Waals surface area contributed by atoms with Crippen LogP contribution in [0.25, 0.3) is 21.9 Å². The topological polar surface area (TPSA) is 0 Å². The van der Waals surface area contributed by atoms with E-state index in [0.717, 1.165) is 37.7 Å². The first kappa shape index (κ1) is 28.9. The van der Waals surface area contributed by atoms with Gasteiger partial charge in [-0.25, -0.2) is 0 Å². The minimum Gasteiger partial charge on any atom is -0.0955 e. The second-order valence-electron chi connectivity index (χ2n) is 12.7. The molecule has 0 aromatic heterocycles. The van der Waals surface area contributed by atoms with E-state index in [1.807, 2.05) is 0 Å². The average Bonchev–Trinajstić information content (AvgIpc) is 3.60. The Morgan fingerprint density at radius 2 is 1.67 bits per heavy atom. The Bertz CT molecular complexity index is 1810. The maximum absolute atomic E-state index is 4.83. The molecule has 0 aliphatic heterocycles. The Hall–Kier alpha value is -4.16. The molecule has 3 aromatic rings. The summed E-state index contributed by atoms with van der Waals surface area (Å²) in [6.07, 6.45) is 14.6. The predicted octanol–water partition coefficient (Wildman–Crippen LogP) is 12.0. The number of allylic oxidation sites excluding steroid dienone is 13. The molecule has 0 amide bonds. The number of rotatable bonds is 8. The number of aryl methyl sites for hydroxylation is 1. The lowest BCUT2D eigenvalue weighted by Gasteiger charge is -2.36. The number of hydrogen-bond donors (Lipinski definition) is 0. The quantitative estimate of drug-likeness (QED) is 0.257. The molecule has 1 fully saturated rings. The van der Waals surface area contributed by atoms with E-state index in [9.17, 15) is 0 Å². The van der Waals surface area contributed by atoms with Crippen molar-refractivity contribution in [2.75, 3.05) is 0 Å². The van der Waals surface area contributed by atoms with Gasteiger partial charge < -0.3 is 0 Å². The van der Waals surface area contributed by atoms with E-state index in [-0.39, 0.29) is 11.8 Å². The van der Waals surface area contributed by atoms with Gasteiger partial charge in [0.1, 0.15) is 0 Å². The first-order valence-corrected chi connectivity index (χ1v) is 16.0. The van der Waals surface area contributed by atoms with Crippen LogP contribution in [0.15, 0.2) is 144 Å². The molecule has 6 rings (SSSR count). The fourth-order valence-corrected chi connectivity index (χ4v) is 7.63. The van der Waals surface area contributed by atoms with Gasteiger partial charge in [0.25, 0.3) is 0 Å². The first-order valence-electron chi connectivity index (χ1n) is 16.0. The molecule has 0 bridgehead atoms. The summed E-state index contributed by atoms with van der Waals surface area (Å²) in [7, 11) is 0. The molecule has 0 spiro atoms. The molecule has 1 saturated carbocycles. The highest BCUT2D eigenvalue weighted by atomic mass is 14.4. The monoisotopic (exact) mass is 560 g/mol. The van der Waals surface area contributed by atoms with Gasteiger partial charge >= 0.3 is 0 Å². The van der Waals surface area contributed by atoms with Gasteiger partial charge in [-0.1, -0.05) is 142 Å². The third-order valence-corrected chi connectivity index (χ3v) is 9.74. The van der Waals surface area contributed by atoms with E-state index < -0.39 is 0 Å². The van der Waals surface area contributed by atoms with Crippen LogP contribution >= 0.6 is 0 Å². The number of hydrogen-bond acceptors (Lipinski definition) is 0. The van der Waals surface area contributed by atoms with E-state index in [2.05, 4.69) is 126 Å². The highest BCUT2D eigenvalue weighted by Crippen LogP contribution is 2.56. The normalized spacial score (nSPS) is 20.8. The zero-order valence-electron chi connectivity index (χ0n) is 26.4. The molecule has 2 unspecified atom stereocenters. The summed E-state index contributed by atoms with van der Waals surface area (Å²) in [6, 6.07) is 22.4. The summed E-state index contributed by atoms with van der Waals surface area (Å²) in [5, 5.41) is 2.69. The lowest BCUT2D eigenvalue weighted by Crippen LogP contribution is -2.22. The van der Waals surface area contributed by atoms with Crippen LogP contribution in [-0.4, -0.2) is 0 Å². The van der Waals surface area contributed by atoms with Crippen LogP contribution in [0.5, 0.6) is 0 Å². The Balaban J connectivity index is 1.37. The van der Waals surface area contributed by atoms with Crippen molar-refractivity contribution in [1.29, 1.82) is 0 Å². The molecule has 216 valence electrons. The molecule has 43 heavy (non-hydrogen) atoms. The molecular weight excluding hydrogens is 516 g/mol. The van der Waals surface area contributed by atoms with E-state index in [1.54, 1.807) is 0 Å². The Morgan fingerprint density at radius 3 is 2.40 bits per heavy atom. The van der Waals surface area contributed by atoms with Crippen LogP contribution in [0, 0.1) is 5.92 Å². The lowest BCUT2D eigenvalue weighted by atomic mass is 9.67. The van der Waals surface area contributed by atoms with Gasteiger partial charge in [0.2, 0.25) is 0 Å². The summed E-state index contributed by atoms with van der Waals surface area (Å²) in [5.41, 5.74) is 17.5. The zero-order chi connectivity index (χ0) is 30.2. The molecule has 0 nitrogen and oxygen atoms in total. The van der Waals surface area contributed by atoms with E-state index in [4.69, 9.17) is 6.58 Å². The maximum atomic E-state index is 4.83. The molecule has 0 heteroatoms. The fraction of sp³-hybridized carbons (Fsp3) is 0.256. The van der Waals surface area contributed by atoms with Crippen molar-refractivity contribution >= 4 is 21.9 Å². The number of benzene rings is 3. The van der Waals surface area contributed by atoms with Crippen LogP contribution in [0.4, 0.5) is 0 Å². The Morgan fingerprint density at radius 1 is 0.907 bits per heavy atom. The van der Waals surface area contributed by atoms with Crippen LogP contribution < -0.4 is 0 Å². The van der Waals surface area contributed by atoms with Crippen molar-refractivity contribution in [3.8, 4) is 0 Å². The van der Waals surface area contributed by atoms with Gasteiger partial charge in [-0.2, -0.15) is 0 Å². The van der Waals surface area contributed by atoms with Crippen molar-refractivity contribution in [1.82, 2.24) is 0 Å². The molecule has 0 heterocycles. The van der Waals surface area contributed by atoms with Crippen LogP contribution in [0.1, 0.15) is 81.5 Å². The summed E-state index contributed by atoms with van der Waals surface area (Å²) >= 11 is 0. The SMILES string of the molecule is C=C(CCC)C1=C(C)C=C2CC(=CC3=CC=C(c4ccc(C(=C)C)cc4)C3)C(=C)C2C1c1c(CC)ccc2ccccc12. The minimum atomic E-state index is 0.233. The van der Waals surface area contributed by atoms with E-state index in [0.29, 0.717) is 0 Å². The first-order chi connectivity index (χ1) is 20.8. The Labute approximate surface area is 258 Å². The average molecular weight is 561 g/mol. The Kier molecular flexibility index (Phi) is 7.97. The van der Waals surface area contributed by atoms with Gasteiger partial charge in [0.05, 0.1) is 0 Å². The molecule has 3 aliphatic carbocycles. The largest absolute Gasteiger partial charge is 0.0955 e. The molecule has 0 saturated heterocycles. The minimum absolute atomic E-state index is 0.233. The van der Waals surface area contributed by atoms with Crippen molar-refractivity contribution in [2.45, 2.75) is 65.7 Å². The van der Waals surface area contributed by atoms with Gasteiger partial charge in [-0.05, 0) is 106 Å². The third kappa shape index (κ3) is 5.29. The van der Waals surface area contributed by atoms with Gasteiger partial charge in [0.15, 0.2) is 0 Å². The van der Waals surface area contributed by atoms with Crippen LogP contribution in [0.3, 0.4) is 0 Å². The van der Waals surface area contributed by atoms with Crippen molar-refractivity contribution in [2.24, 2.45) is 5.92 Å². The smallest absolute Gasteiger partial charge is 0.0210 e. The van der Waals surface area contributed by atoms with E-state index in [1.165, 1.54) is 77.6 Å². The molecule has 2 atom stereocenters. The summed E-state index contributed by atoms with van der Waals surface area (Å²) in [6.45, 7) is 22.5. The molecule has 3 aliphatic rings. The lowest BCUT2D eigenvalue weighted by molar-refractivity contribution is 0.618. The van der Waals surface area contributed by atoms with E-state index >= 15 is 0 Å². The van der Waals surface area contributed by atoms with Gasteiger partial charge in [0, 0.05) is 11.8 Å². The summed E-state index contributed by atoms with van der Waals surface area (Å²) < 4.78 is 0. The van der Waals surface area contributed by atoms with Gasteiger partial charge in [-0.3, -0.25) is 0 Å². The summed E-state index contributed by atoms with van der Waals surface area (Å²) in [5.74, 6) is 0.496. The predicted molar refractivity (Wildman–Crippen MR) is 188 cm³/mol. The molecular formula is C43H44. The third-order valence-electron chi connectivity index (χ3n) is 9.74. The fourth-order valence-electron chi connectivity index (χ4n) is 7.63. The highest BCUT2D eigenvalue weighted by Gasteiger charge is 2.42. The second kappa shape index (κ2) is 11.8. The standard InChI is InChI=1S/C43H44/c1-8-12-28(5)40-29(6)23-38-26-37(25-31-15-16-36(24-31)34-20-18-33(19-21-34)27(3)4)30(7)41(38)43(40)42-32(9-2)17-22-35-13-10-11-14-39(35)42/h10-11,13-23,25,41,43H,3,5,7-9,12,24,26H2,1-2,4,6H3. The van der Waals surface area contributed by atoms with Gasteiger partial charge in [-0.15, -0.1) is 0 Å².